The van der Waals surface area contributed by atoms with E-state index in [1.54, 1.807) is 12.4 Å². The number of nitrogens with one attached hydrogen (secondary N) is 1. The van der Waals surface area contributed by atoms with Gasteiger partial charge < -0.3 is 14.8 Å². The molecule has 2 rings (SSSR count). The molecule has 0 spiro atoms. The molecule has 5 heteroatoms. The molecule has 1 aliphatic rings. The number of anilines is 1. The summed E-state index contributed by atoms with van der Waals surface area (Å²) in [6.07, 6.45) is 6.87. The minimum atomic E-state index is 0.304. The second-order valence-electron chi connectivity index (χ2n) is 4.44. The molecule has 1 N–H and O–H groups in total. The van der Waals surface area contributed by atoms with Crippen molar-refractivity contribution < 1.29 is 9.47 Å². The van der Waals surface area contributed by atoms with Crippen LogP contribution in [0.15, 0.2) is 12.4 Å². The zero-order valence-electron chi connectivity index (χ0n) is 10.9. The monoisotopic (exact) mass is 251 g/mol. The molecule has 100 valence electrons. The van der Waals surface area contributed by atoms with Gasteiger partial charge in [-0.15, -0.1) is 0 Å². The van der Waals surface area contributed by atoms with Gasteiger partial charge in [-0.2, -0.15) is 0 Å². The van der Waals surface area contributed by atoms with Gasteiger partial charge in [0.25, 0.3) is 0 Å². The predicted octanol–water partition coefficient (Wildman–Crippen LogP) is 1.99. The maximum absolute atomic E-state index is 5.79. The highest BCUT2D eigenvalue weighted by Crippen LogP contribution is 2.12. The van der Waals surface area contributed by atoms with Gasteiger partial charge in [0.15, 0.2) is 0 Å². The first kappa shape index (κ1) is 13.2. The van der Waals surface area contributed by atoms with Crippen LogP contribution in [0, 0.1) is 0 Å². The second-order valence-corrected chi connectivity index (χ2v) is 4.44. The highest BCUT2D eigenvalue weighted by molar-refractivity contribution is 5.30. The third kappa shape index (κ3) is 4.23. The van der Waals surface area contributed by atoms with Crippen LogP contribution in [0.5, 0.6) is 0 Å². The van der Waals surface area contributed by atoms with Gasteiger partial charge in [0, 0.05) is 19.8 Å². The normalized spacial score (nSPS) is 16.7. The van der Waals surface area contributed by atoms with Crippen LogP contribution in [-0.2, 0) is 16.1 Å². The molecule has 0 unspecified atom stereocenters. The van der Waals surface area contributed by atoms with Crippen molar-refractivity contribution in [1.29, 1.82) is 0 Å². The molecule has 0 amide bonds. The Morgan fingerprint density at radius 1 is 1.33 bits per heavy atom. The Morgan fingerprint density at radius 3 is 2.83 bits per heavy atom. The molecule has 1 aromatic heterocycles. The molecule has 0 saturated carbocycles. The summed E-state index contributed by atoms with van der Waals surface area (Å²) in [6.45, 7) is 5.18. The van der Waals surface area contributed by atoms with Crippen LogP contribution in [0.2, 0.25) is 0 Å². The molecule has 1 aliphatic heterocycles. The fourth-order valence-corrected chi connectivity index (χ4v) is 1.82. The molecule has 0 aliphatic carbocycles. The molecule has 0 bridgehead atoms. The van der Waals surface area contributed by atoms with Crippen molar-refractivity contribution in [2.75, 3.05) is 25.1 Å². The molecule has 1 saturated heterocycles. The maximum atomic E-state index is 5.79. The van der Waals surface area contributed by atoms with Crippen LogP contribution in [0.25, 0.3) is 0 Å². The summed E-state index contributed by atoms with van der Waals surface area (Å²) in [6, 6.07) is 0. The number of hydrogen-bond acceptors (Lipinski definition) is 5. The summed E-state index contributed by atoms with van der Waals surface area (Å²) < 4.78 is 11.1. The Kier molecular flexibility index (Phi) is 5.36. The lowest BCUT2D eigenvalue weighted by Crippen LogP contribution is -2.23. The second kappa shape index (κ2) is 7.28. The van der Waals surface area contributed by atoms with E-state index < -0.39 is 0 Å². The average Bonchev–Trinajstić information content (AvgIpc) is 2.45. The van der Waals surface area contributed by atoms with Crippen LogP contribution in [-0.4, -0.2) is 35.8 Å². The van der Waals surface area contributed by atoms with E-state index in [1.165, 1.54) is 0 Å². The Bertz CT molecular complexity index is 337. The van der Waals surface area contributed by atoms with Crippen LogP contribution >= 0.6 is 0 Å². The van der Waals surface area contributed by atoms with Gasteiger partial charge in [0.05, 0.1) is 30.8 Å². The van der Waals surface area contributed by atoms with Gasteiger partial charge >= 0.3 is 0 Å². The first-order valence-corrected chi connectivity index (χ1v) is 6.62. The summed E-state index contributed by atoms with van der Waals surface area (Å²) in [5.74, 6) is 0.826. The standard InChI is InChI=1S/C13H21N3O2/c1-2-5-14-13-9-15-11(8-16-13)10-18-12-3-6-17-7-4-12/h8-9,12H,2-7,10H2,1H3,(H,14,16). The highest BCUT2D eigenvalue weighted by Gasteiger charge is 2.14. The van der Waals surface area contributed by atoms with Crippen molar-refractivity contribution in [2.24, 2.45) is 0 Å². The van der Waals surface area contributed by atoms with E-state index in [-0.39, 0.29) is 0 Å². The third-order valence-electron chi connectivity index (χ3n) is 2.90. The molecule has 0 atom stereocenters. The summed E-state index contributed by atoms with van der Waals surface area (Å²) in [4.78, 5) is 8.64. The number of ether oxygens (including phenoxy) is 2. The van der Waals surface area contributed by atoms with Gasteiger partial charge in [-0.05, 0) is 19.3 Å². The fourth-order valence-electron chi connectivity index (χ4n) is 1.82. The molecule has 5 nitrogen and oxygen atoms in total. The topological polar surface area (TPSA) is 56.3 Å². The lowest BCUT2D eigenvalue weighted by Gasteiger charge is -2.22. The zero-order valence-corrected chi connectivity index (χ0v) is 10.9. The number of rotatable bonds is 6. The Balaban J connectivity index is 1.75. The molecule has 1 fully saturated rings. The Hall–Kier alpha value is -1.20. The Labute approximate surface area is 108 Å². The van der Waals surface area contributed by atoms with Gasteiger partial charge in [-0.3, -0.25) is 4.98 Å². The van der Waals surface area contributed by atoms with E-state index >= 15 is 0 Å². The molecular formula is C13H21N3O2. The predicted molar refractivity (Wildman–Crippen MR) is 69.4 cm³/mol. The average molecular weight is 251 g/mol. The van der Waals surface area contributed by atoms with Crippen LogP contribution in [0.4, 0.5) is 5.82 Å². The SMILES string of the molecule is CCCNc1cnc(COC2CCOCC2)cn1. The van der Waals surface area contributed by atoms with E-state index in [4.69, 9.17) is 9.47 Å². The van der Waals surface area contributed by atoms with E-state index in [1.807, 2.05) is 0 Å². The van der Waals surface area contributed by atoms with E-state index in [0.29, 0.717) is 12.7 Å². The number of hydrogen-bond donors (Lipinski definition) is 1. The van der Waals surface area contributed by atoms with Crippen LogP contribution in [0.1, 0.15) is 31.9 Å². The minimum absolute atomic E-state index is 0.304. The molecule has 0 radical (unpaired) electrons. The molecule has 18 heavy (non-hydrogen) atoms. The largest absolute Gasteiger partial charge is 0.381 e. The van der Waals surface area contributed by atoms with E-state index in [0.717, 1.165) is 50.5 Å². The summed E-state index contributed by atoms with van der Waals surface area (Å²) in [5, 5.41) is 3.20. The van der Waals surface area contributed by atoms with Crippen molar-refractivity contribution in [3.05, 3.63) is 18.1 Å². The Morgan fingerprint density at radius 2 is 2.17 bits per heavy atom. The van der Waals surface area contributed by atoms with Gasteiger partial charge in [0.2, 0.25) is 0 Å². The summed E-state index contributed by atoms with van der Waals surface area (Å²) in [5.41, 5.74) is 0.878. The number of aromatic nitrogens is 2. The fraction of sp³-hybridized carbons (Fsp3) is 0.692. The van der Waals surface area contributed by atoms with Gasteiger partial charge in [-0.1, -0.05) is 6.92 Å². The first-order chi connectivity index (χ1) is 8.88. The van der Waals surface area contributed by atoms with Gasteiger partial charge in [-0.25, -0.2) is 4.98 Å². The quantitative estimate of drug-likeness (QED) is 0.838. The molecular weight excluding hydrogens is 230 g/mol. The van der Waals surface area contributed by atoms with E-state index in [9.17, 15) is 0 Å². The van der Waals surface area contributed by atoms with Crippen LogP contribution in [0.3, 0.4) is 0 Å². The first-order valence-electron chi connectivity index (χ1n) is 6.62. The minimum Gasteiger partial charge on any atom is -0.381 e. The van der Waals surface area contributed by atoms with Crippen molar-refractivity contribution in [3.8, 4) is 0 Å². The lowest BCUT2D eigenvalue weighted by molar-refractivity contribution is -0.0400. The van der Waals surface area contributed by atoms with E-state index in [2.05, 4.69) is 22.2 Å². The number of nitrogens with zero attached hydrogens (tertiary/aromatic N) is 2. The van der Waals surface area contributed by atoms with Crippen molar-refractivity contribution >= 4 is 5.82 Å². The van der Waals surface area contributed by atoms with Crippen molar-refractivity contribution in [3.63, 3.8) is 0 Å². The lowest BCUT2D eigenvalue weighted by atomic mass is 10.1. The molecule has 2 heterocycles. The van der Waals surface area contributed by atoms with Crippen molar-refractivity contribution in [1.82, 2.24) is 9.97 Å². The zero-order chi connectivity index (χ0) is 12.6. The van der Waals surface area contributed by atoms with Gasteiger partial charge in [0.1, 0.15) is 5.82 Å². The molecule has 0 aromatic carbocycles. The smallest absolute Gasteiger partial charge is 0.144 e. The summed E-state index contributed by atoms with van der Waals surface area (Å²) in [7, 11) is 0. The van der Waals surface area contributed by atoms with Crippen LogP contribution < -0.4 is 5.32 Å². The summed E-state index contributed by atoms with van der Waals surface area (Å²) >= 11 is 0. The third-order valence-corrected chi connectivity index (χ3v) is 2.90. The highest BCUT2D eigenvalue weighted by atomic mass is 16.5. The molecule has 1 aromatic rings. The maximum Gasteiger partial charge on any atom is 0.144 e. The van der Waals surface area contributed by atoms with Crippen molar-refractivity contribution in [2.45, 2.75) is 38.9 Å².